The van der Waals surface area contributed by atoms with Crippen molar-refractivity contribution in [3.8, 4) is 5.75 Å². The molecule has 166 valence electrons. The van der Waals surface area contributed by atoms with Crippen LogP contribution in [0.25, 0.3) is 0 Å². The van der Waals surface area contributed by atoms with Crippen LogP contribution < -0.4 is 4.74 Å². The molecule has 31 heavy (non-hydrogen) atoms. The van der Waals surface area contributed by atoms with Crippen molar-refractivity contribution < 1.29 is 22.7 Å². The zero-order valence-electron chi connectivity index (χ0n) is 18.3. The van der Waals surface area contributed by atoms with Crippen molar-refractivity contribution in [2.24, 2.45) is 0 Å². The minimum Gasteiger partial charge on any atom is -0.481 e. The maximum Gasteiger partial charge on any atom is 0.263 e. The fourth-order valence-corrected chi connectivity index (χ4v) is 5.28. The van der Waals surface area contributed by atoms with E-state index in [1.807, 2.05) is 19.1 Å². The minimum absolute atomic E-state index is 0.0376. The second-order valence-corrected chi connectivity index (χ2v) is 9.75. The van der Waals surface area contributed by atoms with E-state index in [0.29, 0.717) is 34.9 Å². The number of benzene rings is 2. The molecule has 1 atom stereocenters. The van der Waals surface area contributed by atoms with Crippen LogP contribution in [0.15, 0.2) is 47.4 Å². The first-order valence-electron chi connectivity index (χ1n) is 10.2. The van der Waals surface area contributed by atoms with Gasteiger partial charge in [0.2, 0.25) is 10.0 Å². The molecule has 3 rings (SSSR count). The topological polar surface area (TPSA) is 84.0 Å². The molecule has 0 saturated carbocycles. The number of sulfonamides is 1. The first-order chi connectivity index (χ1) is 14.6. The van der Waals surface area contributed by atoms with Crippen LogP contribution in [-0.2, 0) is 14.8 Å². The third-order valence-electron chi connectivity index (χ3n) is 5.43. The second kappa shape index (κ2) is 9.20. The predicted octanol–water partition coefficient (Wildman–Crippen LogP) is 2.81. The lowest BCUT2D eigenvalue weighted by molar-refractivity contribution is -0.139. The van der Waals surface area contributed by atoms with Crippen molar-refractivity contribution in [1.29, 1.82) is 0 Å². The fourth-order valence-electron chi connectivity index (χ4n) is 3.55. The molecule has 7 nitrogen and oxygen atoms in total. The summed E-state index contributed by atoms with van der Waals surface area (Å²) in [6, 6.07) is 12.0. The lowest BCUT2D eigenvalue weighted by atomic mass is 10.1. The van der Waals surface area contributed by atoms with Crippen LogP contribution in [0.2, 0.25) is 0 Å². The van der Waals surface area contributed by atoms with E-state index in [1.165, 1.54) is 11.2 Å². The Hall–Kier alpha value is -2.71. The van der Waals surface area contributed by atoms with E-state index in [4.69, 9.17) is 4.74 Å². The molecule has 1 fully saturated rings. The van der Waals surface area contributed by atoms with Gasteiger partial charge in [-0.1, -0.05) is 12.1 Å². The molecule has 1 unspecified atom stereocenters. The number of nitrogens with zero attached hydrogens (tertiary/aromatic N) is 2. The normalized spacial score (nSPS) is 16.1. The highest BCUT2D eigenvalue weighted by Crippen LogP contribution is 2.23. The molecule has 1 aliphatic heterocycles. The highest BCUT2D eigenvalue weighted by Gasteiger charge is 2.32. The van der Waals surface area contributed by atoms with Gasteiger partial charge in [0.25, 0.3) is 5.91 Å². The number of piperazine rings is 1. The molecule has 0 N–H and O–H groups in total. The third-order valence-corrected chi connectivity index (χ3v) is 7.47. The summed E-state index contributed by atoms with van der Waals surface area (Å²) in [5.41, 5.74) is 2.18. The van der Waals surface area contributed by atoms with Gasteiger partial charge in [-0.25, -0.2) is 8.42 Å². The minimum atomic E-state index is -3.61. The van der Waals surface area contributed by atoms with E-state index in [0.717, 1.165) is 5.56 Å². The molecule has 1 aliphatic rings. The molecule has 1 saturated heterocycles. The van der Waals surface area contributed by atoms with Gasteiger partial charge in [0.15, 0.2) is 11.9 Å². The Morgan fingerprint density at radius 2 is 1.58 bits per heavy atom. The number of amides is 1. The maximum absolute atomic E-state index is 13.1. The summed E-state index contributed by atoms with van der Waals surface area (Å²) in [4.78, 5) is 26.1. The second-order valence-electron chi connectivity index (χ2n) is 7.84. The highest BCUT2D eigenvalue weighted by molar-refractivity contribution is 7.89. The summed E-state index contributed by atoms with van der Waals surface area (Å²) in [7, 11) is -3.61. The average Bonchev–Trinajstić information content (AvgIpc) is 2.75. The average molecular weight is 445 g/mol. The molecule has 2 aromatic rings. The van der Waals surface area contributed by atoms with Crippen molar-refractivity contribution >= 4 is 21.7 Å². The van der Waals surface area contributed by atoms with Crippen LogP contribution in [0.5, 0.6) is 5.75 Å². The molecule has 0 spiro atoms. The third kappa shape index (κ3) is 5.14. The molecule has 1 heterocycles. The van der Waals surface area contributed by atoms with Gasteiger partial charge < -0.3 is 9.64 Å². The Morgan fingerprint density at radius 3 is 2.16 bits per heavy atom. The van der Waals surface area contributed by atoms with Gasteiger partial charge in [-0.15, -0.1) is 0 Å². The zero-order chi connectivity index (χ0) is 22.8. The lowest BCUT2D eigenvalue weighted by Crippen LogP contribution is -2.53. The zero-order valence-corrected chi connectivity index (χ0v) is 19.1. The number of hydrogen-bond donors (Lipinski definition) is 0. The fraction of sp³-hybridized carbons (Fsp3) is 0.391. The molecule has 0 bridgehead atoms. The Morgan fingerprint density at radius 1 is 0.968 bits per heavy atom. The lowest BCUT2D eigenvalue weighted by Gasteiger charge is -2.35. The highest BCUT2D eigenvalue weighted by atomic mass is 32.2. The van der Waals surface area contributed by atoms with E-state index in [-0.39, 0.29) is 24.8 Å². The van der Waals surface area contributed by atoms with Gasteiger partial charge in [-0.3, -0.25) is 9.59 Å². The van der Waals surface area contributed by atoms with E-state index in [9.17, 15) is 18.0 Å². The number of ketones is 1. The van der Waals surface area contributed by atoms with Gasteiger partial charge in [0, 0.05) is 31.7 Å². The van der Waals surface area contributed by atoms with Crippen molar-refractivity contribution in [2.45, 2.75) is 38.7 Å². The number of Topliss-reactive ketones (excluding diaryl/α,β-unsaturated/α-hetero) is 1. The Labute approximate surface area is 183 Å². The Balaban J connectivity index is 1.61. The first-order valence-corrected chi connectivity index (χ1v) is 11.7. The summed E-state index contributed by atoms with van der Waals surface area (Å²) < 4.78 is 33.3. The van der Waals surface area contributed by atoms with E-state index < -0.39 is 16.1 Å². The monoisotopic (exact) mass is 444 g/mol. The summed E-state index contributed by atoms with van der Waals surface area (Å²) in [5.74, 6) is 0.269. The summed E-state index contributed by atoms with van der Waals surface area (Å²) in [5, 5.41) is 0. The van der Waals surface area contributed by atoms with E-state index in [2.05, 4.69) is 0 Å². The Kier molecular flexibility index (Phi) is 6.81. The summed E-state index contributed by atoms with van der Waals surface area (Å²) in [6.45, 7) is 7.89. The standard InChI is InChI=1S/C23H28N2O5S/c1-16-5-6-17(2)22(15-16)31(28,29)25-13-11-24(12-14-25)23(27)19(4)30-21-9-7-20(8-10-21)18(3)26/h5-10,15,19H,11-14H2,1-4H3. The quantitative estimate of drug-likeness (QED) is 0.640. The van der Waals surface area contributed by atoms with Crippen LogP contribution >= 0.6 is 0 Å². The molecular formula is C23H28N2O5S. The number of carbonyl (C=O) groups is 2. The molecular weight excluding hydrogens is 416 g/mol. The van der Waals surface area contributed by atoms with Crippen LogP contribution in [0.1, 0.15) is 35.3 Å². The van der Waals surface area contributed by atoms with Crippen molar-refractivity contribution in [2.75, 3.05) is 26.2 Å². The number of aryl methyl sites for hydroxylation is 2. The molecule has 0 aliphatic carbocycles. The molecule has 0 radical (unpaired) electrons. The number of ether oxygens (including phenoxy) is 1. The molecule has 2 aromatic carbocycles. The van der Waals surface area contributed by atoms with Crippen molar-refractivity contribution in [1.82, 2.24) is 9.21 Å². The number of rotatable bonds is 6. The molecule has 0 aromatic heterocycles. The van der Waals surface area contributed by atoms with Crippen molar-refractivity contribution in [3.05, 3.63) is 59.2 Å². The van der Waals surface area contributed by atoms with Gasteiger partial charge in [-0.2, -0.15) is 4.31 Å². The maximum atomic E-state index is 13.1. The molecule has 1 amide bonds. The van der Waals surface area contributed by atoms with Crippen LogP contribution in [0, 0.1) is 13.8 Å². The van der Waals surface area contributed by atoms with Crippen LogP contribution in [0.3, 0.4) is 0 Å². The predicted molar refractivity (Wildman–Crippen MR) is 118 cm³/mol. The van der Waals surface area contributed by atoms with Gasteiger partial charge >= 0.3 is 0 Å². The molecule has 8 heteroatoms. The van der Waals surface area contributed by atoms with E-state index >= 15 is 0 Å². The number of carbonyl (C=O) groups excluding carboxylic acids is 2. The Bertz CT molecular complexity index is 1070. The van der Waals surface area contributed by atoms with Crippen LogP contribution in [0.4, 0.5) is 0 Å². The van der Waals surface area contributed by atoms with Crippen LogP contribution in [-0.4, -0.2) is 61.6 Å². The largest absolute Gasteiger partial charge is 0.481 e. The first kappa shape index (κ1) is 23.0. The van der Waals surface area contributed by atoms with E-state index in [1.54, 1.807) is 49.1 Å². The summed E-state index contributed by atoms with van der Waals surface area (Å²) >= 11 is 0. The van der Waals surface area contributed by atoms with Gasteiger partial charge in [0.1, 0.15) is 5.75 Å². The van der Waals surface area contributed by atoms with Gasteiger partial charge in [-0.05, 0) is 69.2 Å². The smallest absolute Gasteiger partial charge is 0.263 e. The van der Waals surface area contributed by atoms with Gasteiger partial charge in [0.05, 0.1) is 4.90 Å². The summed E-state index contributed by atoms with van der Waals surface area (Å²) in [6.07, 6.45) is -0.717. The number of hydrogen-bond acceptors (Lipinski definition) is 5. The van der Waals surface area contributed by atoms with Crippen molar-refractivity contribution in [3.63, 3.8) is 0 Å². The SMILES string of the molecule is CC(=O)c1ccc(OC(C)C(=O)N2CCN(S(=O)(=O)c3cc(C)ccc3C)CC2)cc1.